The number of allylic oxidation sites excluding steroid dienone is 5. The summed E-state index contributed by atoms with van der Waals surface area (Å²) in [5.41, 5.74) is 3.07. The number of fused-ring (bicyclic) bond motifs is 1. The first-order valence-electron chi connectivity index (χ1n) is 17.4. The predicted molar refractivity (Wildman–Crippen MR) is 191 cm³/mol. The van der Waals surface area contributed by atoms with Gasteiger partial charge in [-0.25, -0.2) is 17.9 Å². The Balaban J connectivity index is 0.00000768. The molecule has 0 bridgehead atoms. The minimum absolute atomic E-state index is 0. The van der Waals surface area contributed by atoms with Gasteiger partial charge in [0, 0.05) is 49.2 Å². The molecule has 0 aliphatic heterocycles. The Morgan fingerprint density at radius 1 is 0.936 bits per heavy atom. The normalized spacial score (nSPS) is 15.0. The molecule has 0 radical (unpaired) electrons. The average Bonchev–Trinajstić information content (AvgIpc) is 3.04. The van der Waals surface area contributed by atoms with Crippen LogP contribution in [0.15, 0.2) is 68.8 Å². The van der Waals surface area contributed by atoms with Crippen LogP contribution in [0.5, 0.6) is 0 Å². The van der Waals surface area contributed by atoms with Crippen LogP contribution in [0.25, 0.3) is 16.5 Å². The maximum atomic E-state index is 13.1. The molecule has 0 saturated heterocycles. The van der Waals surface area contributed by atoms with E-state index in [1.165, 1.54) is 25.7 Å². The van der Waals surface area contributed by atoms with Crippen molar-refractivity contribution in [1.29, 1.82) is 0 Å². The molecule has 0 saturated carbocycles. The van der Waals surface area contributed by atoms with Crippen LogP contribution in [0.2, 0.25) is 0 Å². The summed E-state index contributed by atoms with van der Waals surface area (Å²) in [6.45, 7) is 6.97. The van der Waals surface area contributed by atoms with E-state index in [1.807, 2.05) is 35.1 Å². The van der Waals surface area contributed by atoms with Crippen molar-refractivity contribution < 1.29 is 46.9 Å². The third-order valence-corrected chi connectivity index (χ3v) is 9.14. The SMILES string of the molecule is CCN(CC)c1ccc2cc(C3=CC=CCC3CN=CCCCCCCC/C=C\CCCCCCCNS(=O)(=O)[O-])c(=O)oc2c1.[Na+]. The van der Waals surface area contributed by atoms with Gasteiger partial charge in [0.2, 0.25) is 0 Å². The van der Waals surface area contributed by atoms with Gasteiger partial charge in [-0.2, -0.15) is 0 Å². The molecule has 47 heavy (non-hydrogen) atoms. The van der Waals surface area contributed by atoms with E-state index in [1.54, 1.807) is 0 Å². The Labute approximate surface area is 305 Å². The fraction of sp³-hybridized carbons (Fsp3) is 0.568. The van der Waals surface area contributed by atoms with Gasteiger partial charge >= 0.3 is 35.2 Å². The molecule has 1 heterocycles. The summed E-state index contributed by atoms with van der Waals surface area (Å²) in [7, 11) is -4.30. The van der Waals surface area contributed by atoms with Crippen LogP contribution < -0.4 is 44.8 Å². The minimum atomic E-state index is -4.30. The molecular weight excluding hydrogens is 621 g/mol. The van der Waals surface area contributed by atoms with Gasteiger partial charge in [-0.15, -0.1) is 0 Å². The summed E-state index contributed by atoms with van der Waals surface area (Å²) < 4.78 is 39.2. The van der Waals surface area contributed by atoms with E-state index in [4.69, 9.17) is 9.41 Å². The zero-order chi connectivity index (χ0) is 33.0. The summed E-state index contributed by atoms with van der Waals surface area (Å²) in [5, 5.41) is 0.939. The second-order valence-electron chi connectivity index (χ2n) is 12.1. The van der Waals surface area contributed by atoms with E-state index < -0.39 is 10.3 Å². The average molecular weight is 676 g/mol. The summed E-state index contributed by atoms with van der Waals surface area (Å²) >= 11 is 0. The molecule has 1 aromatic heterocycles. The Kier molecular flexibility index (Phi) is 20.5. The van der Waals surface area contributed by atoms with E-state index in [0.29, 0.717) is 24.1 Å². The Hall–Kier alpha value is -2.01. The van der Waals surface area contributed by atoms with E-state index in [2.05, 4.69) is 49.3 Å². The molecule has 1 aliphatic carbocycles. The van der Waals surface area contributed by atoms with Crippen molar-refractivity contribution in [1.82, 2.24) is 4.72 Å². The summed E-state index contributed by atoms with van der Waals surface area (Å²) in [6.07, 6.45) is 28.0. The molecule has 2 aromatic rings. The predicted octanol–water partition coefficient (Wildman–Crippen LogP) is 5.35. The van der Waals surface area contributed by atoms with Crippen molar-refractivity contribution in [3.8, 4) is 0 Å². The first kappa shape index (κ1) is 41.2. The van der Waals surface area contributed by atoms with Gasteiger partial charge in [-0.1, -0.05) is 68.9 Å². The van der Waals surface area contributed by atoms with E-state index in [-0.39, 0.29) is 47.6 Å². The number of benzene rings is 1. The summed E-state index contributed by atoms with van der Waals surface area (Å²) in [6, 6.07) is 8.09. The number of anilines is 1. The van der Waals surface area contributed by atoms with Crippen molar-refractivity contribution >= 4 is 38.7 Å². The monoisotopic (exact) mass is 675 g/mol. The molecule has 0 fully saturated rings. The molecule has 1 unspecified atom stereocenters. The molecule has 1 N–H and O–H groups in total. The van der Waals surface area contributed by atoms with Crippen molar-refractivity contribution in [2.45, 2.75) is 104 Å². The number of hydrogen-bond acceptors (Lipinski definition) is 7. The quantitative estimate of drug-likeness (QED) is 0.0424. The molecule has 10 heteroatoms. The first-order valence-corrected chi connectivity index (χ1v) is 18.8. The van der Waals surface area contributed by atoms with Crippen molar-refractivity contribution in [3.05, 3.63) is 70.6 Å². The van der Waals surface area contributed by atoms with Crippen LogP contribution in [-0.4, -0.2) is 45.4 Å². The van der Waals surface area contributed by atoms with E-state index in [0.717, 1.165) is 87.5 Å². The van der Waals surface area contributed by atoms with Crippen LogP contribution >= 0.6 is 0 Å². The zero-order valence-corrected chi connectivity index (χ0v) is 31.7. The smallest absolute Gasteiger partial charge is 0.735 e. The van der Waals surface area contributed by atoms with E-state index in [9.17, 15) is 17.8 Å². The number of aliphatic imine (C=N–C) groups is 1. The minimum Gasteiger partial charge on any atom is -0.735 e. The van der Waals surface area contributed by atoms with Crippen molar-refractivity contribution in [2.75, 3.05) is 31.1 Å². The van der Waals surface area contributed by atoms with Gasteiger partial charge in [-0.05, 0) is 95.2 Å². The fourth-order valence-corrected chi connectivity index (χ4v) is 6.31. The Morgan fingerprint density at radius 2 is 1.57 bits per heavy atom. The van der Waals surface area contributed by atoms with Crippen LogP contribution in [-0.2, 0) is 10.3 Å². The number of unbranched alkanes of at least 4 members (excludes halogenated alkanes) is 11. The van der Waals surface area contributed by atoms with Gasteiger partial charge in [-0.3, -0.25) is 4.99 Å². The maximum Gasteiger partial charge on any atom is 1.00 e. The number of nitrogens with zero attached hydrogens (tertiary/aromatic N) is 2. The molecule has 1 aromatic carbocycles. The van der Waals surface area contributed by atoms with Crippen LogP contribution in [0.3, 0.4) is 0 Å². The van der Waals surface area contributed by atoms with E-state index >= 15 is 0 Å². The van der Waals surface area contributed by atoms with Crippen molar-refractivity contribution in [2.24, 2.45) is 10.9 Å². The second-order valence-corrected chi connectivity index (χ2v) is 13.3. The molecular formula is C37H54N3NaO5S. The second kappa shape index (κ2) is 23.4. The largest absolute Gasteiger partial charge is 1.00 e. The first-order chi connectivity index (χ1) is 22.3. The zero-order valence-electron chi connectivity index (χ0n) is 28.9. The molecule has 0 amide bonds. The molecule has 3 rings (SSSR count). The molecule has 8 nitrogen and oxygen atoms in total. The van der Waals surface area contributed by atoms with Crippen LogP contribution in [0, 0.1) is 5.92 Å². The van der Waals surface area contributed by atoms with Gasteiger partial charge in [0.1, 0.15) is 5.58 Å². The maximum absolute atomic E-state index is 13.1. The summed E-state index contributed by atoms with van der Waals surface area (Å²) in [5.74, 6) is 0.172. The Morgan fingerprint density at radius 3 is 2.23 bits per heavy atom. The third kappa shape index (κ3) is 15.8. The fourth-order valence-electron chi connectivity index (χ4n) is 5.92. The standard InChI is InChI=1S/C37H55N3O5S.Na/c1-3-40(4-2)33-25-24-31-28-35(37(41)45-36(31)29-33)34-23-19-18-22-32(34)30-38-26-20-16-14-12-10-8-6-5-7-9-11-13-15-17-21-27-39-46(42,43)44;/h5,7,18-19,23-26,28-29,32,39H,3-4,6,8-17,20-22,27,30H2,1-2H3,(H,42,43,44);/q;+1/p-1/b7-5-,38-26?;. The topological polar surface area (TPSA) is 115 Å². The van der Waals surface area contributed by atoms with Gasteiger partial charge in [0.15, 0.2) is 10.3 Å². The van der Waals surface area contributed by atoms with Crippen LogP contribution in [0.1, 0.15) is 109 Å². The van der Waals surface area contributed by atoms with Gasteiger partial charge in [0.25, 0.3) is 0 Å². The van der Waals surface area contributed by atoms with Crippen LogP contribution in [0.4, 0.5) is 5.69 Å². The van der Waals surface area contributed by atoms with Gasteiger partial charge in [0.05, 0.1) is 5.56 Å². The number of nitrogens with one attached hydrogen (secondary N) is 1. The van der Waals surface area contributed by atoms with Gasteiger partial charge < -0.3 is 13.9 Å². The van der Waals surface area contributed by atoms with Crippen molar-refractivity contribution in [3.63, 3.8) is 0 Å². The molecule has 0 spiro atoms. The number of rotatable bonds is 23. The number of hydrogen-bond donors (Lipinski definition) is 1. The third-order valence-electron chi connectivity index (χ3n) is 8.58. The molecule has 1 aliphatic rings. The molecule has 254 valence electrons. The molecule has 1 atom stereocenters. The Bertz CT molecular complexity index is 1480. The summed E-state index contributed by atoms with van der Waals surface area (Å²) in [4.78, 5) is 20.0.